The number of hydrogen-bond acceptors (Lipinski definition) is 3. The van der Waals surface area contributed by atoms with Gasteiger partial charge in [0.05, 0.1) is 17.6 Å². The number of hydrogen-bond donors (Lipinski definition) is 2. The van der Waals surface area contributed by atoms with Gasteiger partial charge in [-0.1, -0.05) is 17.7 Å². The van der Waals surface area contributed by atoms with Gasteiger partial charge in [-0.2, -0.15) is 0 Å². The molecule has 0 heterocycles. The van der Waals surface area contributed by atoms with Gasteiger partial charge in [-0.3, -0.25) is 4.79 Å². The van der Waals surface area contributed by atoms with Crippen LogP contribution in [0.4, 0.5) is 0 Å². The molecule has 0 spiro atoms. The molecule has 0 saturated carbocycles. The lowest BCUT2D eigenvalue weighted by molar-refractivity contribution is -0.128. The Morgan fingerprint density at radius 1 is 1.67 bits per heavy atom. The third-order valence-electron chi connectivity index (χ3n) is 3.80. The second-order valence-electron chi connectivity index (χ2n) is 5.74. The fourth-order valence-corrected chi connectivity index (χ4v) is 2.40. The molecule has 0 aromatic rings. The van der Waals surface area contributed by atoms with E-state index >= 15 is 0 Å². The topological polar surface area (TPSA) is 57.5 Å². The fourth-order valence-electron chi connectivity index (χ4n) is 2.40. The van der Waals surface area contributed by atoms with Crippen molar-refractivity contribution in [3.63, 3.8) is 0 Å². The highest BCUT2D eigenvalue weighted by Crippen LogP contribution is 2.33. The molecule has 0 bridgehead atoms. The fraction of sp³-hybridized carbons (Fsp3) is 0.667. The Kier molecular flexibility index (Phi) is 4.88. The summed E-state index contributed by atoms with van der Waals surface area (Å²) in [5.74, 6) is -0.341. The Balaban J connectivity index is 2.64. The molecule has 1 aliphatic carbocycles. The minimum atomic E-state index is -1.05. The smallest absolute Gasteiger partial charge is 0.161 e. The third-order valence-corrected chi connectivity index (χ3v) is 3.80. The molecule has 0 unspecified atom stereocenters. The minimum absolute atomic E-state index is 0.00793. The molecule has 3 atom stereocenters. The van der Waals surface area contributed by atoms with Crippen molar-refractivity contribution in [1.82, 2.24) is 0 Å². The van der Waals surface area contributed by atoms with E-state index in [1.54, 1.807) is 19.9 Å². The molecule has 0 saturated heterocycles. The number of aliphatic hydroxyl groups excluding tert-OH is 1. The van der Waals surface area contributed by atoms with Crippen LogP contribution >= 0.6 is 0 Å². The number of aliphatic hydroxyl groups is 2. The minimum Gasteiger partial charge on any atom is -0.389 e. The lowest BCUT2D eigenvalue weighted by Gasteiger charge is -2.34. The summed E-state index contributed by atoms with van der Waals surface area (Å²) in [6.45, 7) is 9.07. The van der Waals surface area contributed by atoms with Crippen molar-refractivity contribution in [2.24, 2.45) is 5.92 Å². The highest BCUT2D eigenvalue weighted by Gasteiger charge is 2.37. The molecule has 0 aromatic heterocycles. The van der Waals surface area contributed by atoms with E-state index in [0.717, 1.165) is 12.0 Å². The maximum atomic E-state index is 11.9. The Morgan fingerprint density at radius 2 is 2.28 bits per heavy atom. The quantitative estimate of drug-likeness (QED) is 0.739. The highest BCUT2D eigenvalue weighted by atomic mass is 16.3. The number of carbonyl (C=O) groups is 1. The predicted octanol–water partition coefficient (Wildman–Crippen LogP) is 2.38. The van der Waals surface area contributed by atoms with E-state index in [-0.39, 0.29) is 11.7 Å². The molecule has 2 N–H and O–H groups in total. The third kappa shape index (κ3) is 3.79. The van der Waals surface area contributed by atoms with Crippen LogP contribution in [0, 0.1) is 5.92 Å². The first-order valence-electron chi connectivity index (χ1n) is 6.51. The molecule has 1 rings (SSSR count). The Hall–Kier alpha value is -0.930. The maximum absolute atomic E-state index is 11.9. The van der Waals surface area contributed by atoms with Gasteiger partial charge >= 0.3 is 0 Å². The second-order valence-corrected chi connectivity index (χ2v) is 5.74. The van der Waals surface area contributed by atoms with Gasteiger partial charge in [-0.05, 0) is 52.5 Å². The van der Waals surface area contributed by atoms with E-state index in [4.69, 9.17) is 0 Å². The van der Waals surface area contributed by atoms with Crippen LogP contribution in [0.15, 0.2) is 23.8 Å². The van der Waals surface area contributed by atoms with Gasteiger partial charge in [-0.25, -0.2) is 0 Å². The van der Waals surface area contributed by atoms with Crippen molar-refractivity contribution in [2.75, 3.05) is 0 Å². The van der Waals surface area contributed by atoms with E-state index in [9.17, 15) is 15.0 Å². The molecule has 0 aromatic carbocycles. The summed E-state index contributed by atoms with van der Waals surface area (Å²) >= 11 is 0. The lowest BCUT2D eigenvalue weighted by Crippen LogP contribution is -2.41. The molecular formula is C15H24O3. The molecule has 18 heavy (non-hydrogen) atoms. The Labute approximate surface area is 109 Å². The van der Waals surface area contributed by atoms with Crippen LogP contribution in [0.1, 0.15) is 46.5 Å². The summed E-state index contributed by atoms with van der Waals surface area (Å²) in [6.07, 6.45) is 3.43. The molecular weight excluding hydrogens is 228 g/mol. The average molecular weight is 252 g/mol. The van der Waals surface area contributed by atoms with E-state index < -0.39 is 11.7 Å². The van der Waals surface area contributed by atoms with E-state index in [1.807, 2.05) is 6.92 Å². The first kappa shape index (κ1) is 15.1. The summed E-state index contributed by atoms with van der Waals surface area (Å²) in [5.41, 5.74) is 0.718. The van der Waals surface area contributed by atoms with E-state index in [0.29, 0.717) is 24.8 Å². The van der Waals surface area contributed by atoms with Crippen LogP contribution < -0.4 is 0 Å². The zero-order valence-corrected chi connectivity index (χ0v) is 11.6. The van der Waals surface area contributed by atoms with Gasteiger partial charge in [0.25, 0.3) is 0 Å². The van der Waals surface area contributed by atoms with Gasteiger partial charge in [0, 0.05) is 0 Å². The Morgan fingerprint density at radius 3 is 2.78 bits per heavy atom. The molecule has 0 aliphatic heterocycles. The van der Waals surface area contributed by atoms with Gasteiger partial charge in [0.15, 0.2) is 5.78 Å². The molecule has 102 valence electrons. The summed E-state index contributed by atoms with van der Waals surface area (Å²) in [6, 6.07) is 0. The van der Waals surface area contributed by atoms with E-state index in [2.05, 4.69) is 6.58 Å². The zero-order chi connectivity index (χ0) is 13.9. The van der Waals surface area contributed by atoms with Crippen LogP contribution in [0.5, 0.6) is 0 Å². The number of allylic oxidation sites excluding steroid dienone is 2. The number of rotatable bonds is 5. The molecule has 0 radical (unpaired) electrons. The van der Waals surface area contributed by atoms with Crippen LogP contribution in [-0.2, 0) is 4.79 Å². The maximum Gasteiger partial charge on any atom is 0.161 e. The zero-order valence-electron chi connectivity index (χ0n) is 11.6. The average Bonchev–Trinajstić information content (AvgIpc) is 2.25. The molecule has 3 nitrogen and oxygen atoms in total. The number of ketones is 1. The van der Waals surface area contributed by atoms with Crippen LogP contribution in [0.25, 0.3) is 0 Å². The van der Waals surface area contributed by atoms with Crippen molar-refractivity contribution >= 4 is 5.78 Å². The molecule has 0 amide bonds. The summed E-state index contributed by atoms with van der Waals surface area (Å²) < 4.78 is 0. The van der Waals surface area contributed by atoms with Crippen LogP contribution in [0.3, 0.4) is 0 Å². The largest absolute Gasteiger partial charge is 0.389 e. The van der Waals surface area contributed by atoms with Crippen molar-refractivity contribution in [1.29, 1.82) is 0 Å². The second kappa shape index (κ2) is 5.81. The first-order valence-corrected chi connectivity index (χ1v) is 6.51. The summed E-state index contributed by atoms with van der Waals surface area (Å²) in [7, 11) is 0. The monoisotopic (exact) mass is 252 g/mol. The normalized spacial score (nSPS) is 25.3. The van der Waals surface area contributed by atoms with Crippen LogP contribution in [0.2, 0.25) is 0 Å². The summed E-state index contributed by atoms with van der Waals surface area (Å²) in [4.78, 5) is 11.9. The van der Waals surface area contributed by atoms with Crippen molar-refractivity contribution in [3.8, 4) is 0 Å². The van der Waals surface area contributed by atoms with Gasteiger partial charge in [-0.15, -0.1) is 0 Å². The SMILES string of the molecule is C=C(C)[C@@H](O)CC[C@@](C)(O)[C@@H]1CCC(C)=CC1=O. The highest BCUT2D eigenvalue weighted by molar-refractivity contribution is 5.94. The molecule has 3 heteroatoms. The molecule has 1 aliphatic rings. The van der Waals surface area contributed by atoms with Gasteiger partial charge < -0.3 is 10.2 Å². The van der Waals surface area contributed by atoms with Gasteiger partial charge in [0.1, 0.15) is 0 Å². The van der Waals surface area contributed by atoms with Crippen molar-refractivity contribution in [3.05, 3.63) is 23.8 Å². The van der Waals surface area contributed by atoms with E-state index in [1.165, 1.54) is 0 Å². The predicted molar refractivity (Wildman–Crippen MR) is 72.2 cm³/mol. The van der Waals surface area contributed by atoms with Crippen molar-refractivity contribution in [2.45, 2.75) is 58.2 Å². The first-order chi connectivity index (χ1) is 8.24. The van der Waals surface area contributed by atoms with Crippen molar-refractivity contribution < 1.29 is 15.0 Å². The lowest BCUT2D eigenvalue weighted by atomic mass is 9.75. The number of carbonyl (C=O) groups excluding carboxylic acids is 1. The Bertz CT molecular complexity index is 366. The summed E-state index contributed by atoms with van der Waals surface area (Å²) in [5, 5.41) is 20.1. The standard InChI is InChI=1S/C15H24O3/c1-10(2)13(16)7-8-15(4,18)12-6-5-11(3)9-14(12)17/h9,12-13,16,18H,1,5-8H2,2-4H3/t12-,13+,15-/m1/s1. The molecule has 0 fully saturated rings. The van der Waals surface area contributed by atoms with Crippen LogP contribution in [-0.4, -0.2) is 27.7 Å². The van der Waals surface area contributed by atoms with Gasteiger partial charge in [0.2, 0.25) is 0 Å².